The van der Waals surface area contributed by atoms with Crippen molar-refractivity contribution >= 4 is 18.0 Å². The fourth-order valence-corrected chi connectivity index (χ4v) is 4.58. The van der Waals surface area contributed by atoms with Gasteiger partial charge in [-0.3, -0.25) is 9.59 Å². The Hall–Kier alpha value is -3.35. The van der Waals surface area contributed by atoms with Crippen LogP contribution in [0.4, 0.5) is 4.79 Å². The maximum absolute atomic E-state index is 12.7. The van der Waals surface area contributed by atoms with E-state index >= 15 is 0 Å². The Bertz CT molecular complexity index is 961. The number of carboxylic acid groups (broad SMARTS) is 1. The van der Waals surface area contributed by atoms with E-state index in [1.54, 1.807) is 0 Å². The van der Waals surface area contributed by atoms with E-state index in [2.05, 4.69) is 41.8 Å². The molecule has 7 heteroatoms. The zero-order valence-corrected chi connectivity index (χ0v) is 20.4. The van der Waals surface area contributed by atoms with E-state index in [0.717, 1.165) is 36.8 Å². The van der Waals surface area contributed by atoms with E-state index in [-0.39, 0.29) is 37.3 Å². The maximum atomic E-state index is 12.7. The lowest BCUT2D eigenvalue weighted by Gasteiger charge is -2.20. The molecule has 0 saturated carbocycles. The summed E-state index contributed by atoms with van der Waals surface area (Å²) >= 11 is 0. The average molecular weight is 481 g/mol. The number of ether oxygens (including phenoxy) is 1. The number of carbonyl (C=O) groups is 3. The van der Waals surface area contributed by atoms with Crippen LogP contribution in [0.15, 0.2) is 48.5 Å². The van der Waals surface area contributed by atoms with Crippen LogP contribution >= 0.6 is 0 Å². The summed E-state index contributed by atoms with van der Waals surface area (Å²) in [6.07, 6.45) is 4.50. The molecule has 7 nitrogen and oxygen atoms in total. The van der Waals surface area contributed by atoms with Gasteiger partial charge in [-0.25, -0.2) is 4.79 Å². The van der Waals surface area contributed by atoms with Crippen LogP contribution in [0.5, 0.6) is 0 Å². The highest BCUT2D eigenvalue weighted by Gasteiger charge is 2.29. The molecule has 0 radical (unpaired) electrons. The monoisotopic (exact) mass is 480 g/mol. The first-order valence-corrected chi connectivity index (χ1v) is 12.6. The number of benzene rings is 2. The minimum atomic E-state index is -0.799. The van der Waals surface area contributed by atoms with Gasteiger partial charge in [0.05, 0.1) is 0 Å². The smallest absolute Gasteiger partial charge is 0.407 e. The normalized spacial score (nSPS) is 12.9. The molecule has 0 bridgehead atoms. The summed E-state index contributed by atoms with van der Waals surface area (Å²) in [5.41, 5.74) is 4.67. The fourth-order valence-electron chi connectivity index (χ4n) is 4.58. The molecular weight excluding hydrogens is 444 g/mol. The highest BCUT2D eigenvalue weighted by molar-refractivity contribution is 5.79. The standard InChI is InChI=1S/C28H36N2O5/c1-2-3-11-20(18-26(31)29-17-10-4-5-16-27(32)33)30-28(34)35-19-25-23-14-8-6-12-21(23)22-13-7-9-15-24(22)25/h6-9,12-15,20,25H,2-5,10-11,16-19H2,1H3,(H,29,31)(H,30,34)(H,32,33). The van der Waals surface area contributed by atoms with Crippen molar-refractivity contribution < 1.29 is 24.2 Å². The first-order valence-electron chi connectivity index (χ1n) is 12.6. The second kappa shape index (κ2) is 13.5. The summed E-state index contributed by atoms with van der Waals surface area (Å²) in [6, 6.07) is 16.1. The van der Waals surface area contributed by atoms with E-state index in [4.69, 9.17) is 9.84 Å². The van der Waals surface area contributed by atoms with Crippen LogP contribution in [-0.4, -0.2) is 42.3 Å². The van der Waals surface area contributed by atoms with Crippen molar-refractivity contribution in [3.05, 3.63) is 59.7 Å². The van der Waals surface area contributed by atoms with Crippen molar-refractivity contribution in [2.75, 3.05) is 13.2 Å². The first-order chi connectivity index (χ1) is 17.0. The summed E-state index contributed by atoms with van der Waals surface area (Å²) in [5, 5.41) is 14.4. The van der Waals surface area contributed by atoms with Crippen molar-refractivity contribution in [1.82, 2.24) is 10.6 Å². The summed E-state index contributed by atoms with van der Waals surface area (Å²) in [4.78, 5) is 35.6. The van der Waals surface area contributed by atoms with Gasteiger partial charge in [-0.15, -0.1) is 0 Å². The number of aliphatic carboxylic acids is 1. The Kier molecular flexibility index (Phi) is 10.1. The van der Waals surface area contributed by atoms with Crippen LogP contribution in [0.1, 0.15) is 75.3 Å². The Morgan fingerprint density at radius 3 is 2.23 bits per heavy atom. The van der Waals surface area contributed by atoms with Crippen LogP contribution in [-0.2, 0) is 14.3 Å². The summed E-state index contributed by atoms with van der Waals surface area (Å²) in [7, 11) is 0. The molecule has 0 fully saturated rings. The third kappa shape index (κ3) is 7.84. The Labute approximate surface area is 207 Å². The molecule has 0 aromatic heterocycles. The first kappa shape index (κ1) is 26.3. The lowest BCUT2D eigenvalue weighted by atomic mass is 9.98. The molecule has 188 valence electrons. The van der Waals surface area contributed by atoms with Crippen LogP contribution in [0.25, 0.3) is 11.1 Å². The van der Waals surface area contributed by atoms with E-state index in [1.807, 2.05) is 24.3 Å². The van der Waals surface area contributed by atoms with Crippen molar-refractivity contribution in [1.29, 1.82) is 0 Å². The lowest BCUT2D eigenvalue weighted by Crippen LogP contribution is -2.40. The molecule has 2 amide bonds. The number of hydrogen-bond acceptors (Lipinski definition) is 4. The van der Waals surface area contributed by atoms with Crippen LogP contribution in [0.2, 0.25) is 0 Å². The second-order valence-corrected chi connectivity index (χ2v) is 9.07. The molecule has 0 spiro atoms. The van der Waals surface area contributed by atoms with Crippen molar-refractivity contribution in [3.63, 3.8) is 0 Å². The number of rotatable bonds is 14. The molecule has 35 heavy (non-hydrogen) atoms. The maximum Gasteiger partial charge on any atom is 0.407 e. The van der Waals surface area contributed by atoms with Crippen molar-refractivity contribution in [3.8, 4) is 11.1 Å². The molecule has 3 N–H and O–H groups in total. The van der Waals surface area contributed by atoms with E-state index < -0.39 is 12.1 Å². The topological polar surface area (TPSA) is 105 Å². The number of carboxylic acids is 1. The van der Waals surface area contributed by atoms with E-state index in [0.29, 0.717) is 19.4 Å². The van der Waals surface area contributed by atoms with Crippen LogP contribution in [0.3, 0.4) is 0 Å². The molecule has 1 aliphatic rings. The summed E-state index contributed by atoms with van der Waals surface area (Å²) < 4.78 is 5.65. The third-order valence-corrected chi connectivity index (χ3v) is 6.39. The second-order valence-electron chi connectivity index (χ2n) is 9.07. The SMILES string of the molecule is CCCCC(CC(=O)NCCCCCC(=O)O)NC(=O)OCC1c2ccccc2-c2ccccc21. The molecule has 2 aromatic carbocycles. The number of fused-ring (bicyclic) bond motifs is 3. The number of hydrogen-bond donors (Lipinski definition) is 3. The van der Waals surface area contributed by atoms with Gasteiger partial charge in [-0.1, -0.05) is 74.7 Å². The zero-order valence-electron chi connectivity index (χ0n) is 20.4. The van der Waals surface area contributed by atoms with Gasteiger partial charge in [0.2, 0.25) is 5.91 Å². The van der Waals surface area contributed by atoms with Gasteiger partial charge in [-0.2, -0.15) is 0 Å². The largest absolute Gasteiger partial charge is 0.481 e. The highest BCUT2D eigenvalue weighted by Crippen LogP contribution is 2.44. The van der Waals surface area contributed by atoms with Crippen LogP contribution < -0.4 is 10.6 Å². The molecule has 0 heterocycles. The van der Waals surface area contributed by atoms with Gasteiger partial charge < -0.3 is 20.5 Å². The van der Waals surface area contributed by atoms with Gasteiger partial charge in [0, 0.05) is 31.3 Å². The minimum Gasteiger partial charge on any atom is -0.481 e. The molecule has 3 rings (SSSR count). The highest BCUT2D eigenvalue weighted by atomic mass is 16.5. The van der Waals surface area contributed by atoms with Gasteiger partial charge >= 0.3 is 12.1 Å². The van der Waals surface area contributed by atoms with Crippen molar-refractivity contribution in [2.45, 2.75) is 70.3 Å². The van der Waals surface area contributed by atoms with Gasteiger partial charge in [0.1, 0.15) is 6.61 Å². The minimum absolute atomic E-state index is 0.00772. The lowest BCUT2D eigenvalue weighted by molar-refractivity contribution is -0.137. The van der Waals surface area contributed by atoms with Crippen LogP contribution in [0, 0.1) is 0 Å². The summed E-state index contributed by atoms with van der Waals surface area (Å²) in [6.45, 7) is 2.81. The zero-order chi connectivity index (χ0) is 25.0. The molecule has 0 saturated heterocycles. The quantitative estimate of drug-likeness (QED) is 0.321. The van der Waals surface area contributed by atoms with Crippen molar-refractivity contribution in [2.24, 2.45) is 0 Å². The molecular formula is C28H36N2O5. The Morgan fingerprint density at radius 1 is 0.943 bits per heavy atom. The van der Waals surface area contributed by atoms with Gasteiger partial charge in [0.15, 0.2) is 0 Å². The fraction of sp³-hybridized carbons (Fsp3) is 0.464. The molecule has 0 aliphatic heterocycles. The number of alkyl carbamates (subject to hydrolysis) is 1. The van der Waals surface area contributed by atoms with Gasteiger partial charge in [0.25, 0.3) is 0 Å². The van der Waals surface area contributed by atoms with E-state index in [9.17, 15) is 14.4 Å². The number of nitrogens with one attached hydrogen (secondary N) is 2. The number of amides is 2. The summed E-state index contributed by atoms with van der Waals surface area (Å²) in [5.74, 6) is -0.929. The number of unbranched alkanes of at least 4 members (excludes halogenated alkanes) is 3. The predicted molar refractivity (Wildman–Crippen MR) is 135 cm³/mol. The molecule has 1 unspecified atom stereocenters. The van der Waals surface area contributed by atoms with E-state index in [1.165, 1.54) is 11.1 Å². The Balaban J connectivity index is 1.48. The molecule has 1 aliphatic carbocycles. The Morgan fingerprint density at radius 2 is 1.60 bits per heavy atom. The average Bonchev–Trinajstić information content (AvgIpc) is 3.17. The van der Waals surface area contributed by atoms with Gasteiger partial charge in [-0.05, 0) is 41.5 Å². The predicted octanol–water partition coefficient (Wildman–Crippen LogP) is 5.24. The molecule has 2 aromatic rings. The molecule has 1 atom stereocenters. The third-order valence-electron chi connectivity index (χ3n) is 6.39. The number of carbonyl (C=O) groups excluding carboxylic acids is 2.